The van der Waals surface area contributed by atoms with Gasteiger partial charge in [-0.3, -0.25) is 20.2 Å². The Morgan fingerprint density at radius 2 is 1.25 bits per heavy atom. The molecule has 0 aliphatic heterocycles. The van der Waals surface area contributed by atoms with Crippen LogP contribution in [0.1, 0.15) is 37.5 Å². The monoisotopic (exact) mass is 384 g/mol. The predicted molar refractivity (Wildman–Crippen MR) is 114 cm³/mol. The van der Waals surface area contributed by atoms with Crippen LogP contribution >= 0.6 is 0 Å². The molecule has 0 spiro atoms. The first-order valence-electron chi connectivity index (χ1n) is 8.44. The molecule has 1 aliphatic rings. The van der Waals surface area contributed by atoms with Gasteiger partial charge >= 0.3 is 0 Å². The van der Waals surface area contributed by atoms with Crippen molar-refractivity contribution in [1.82, 2.24) is 0 Å². The molecule has 0 N–H and O–H groups in total. The van der Waals surface area contributed by atoms with Crippen molar-refractivity contribution in [3.63, 3.8) is 0 Å². The van der Waals surface area contributed by atoms with Crippen LogP contribution in [0, 0.1) is 41.0 Å². The van der Waals surface area contributed by atoms with Crippen molar-refractivity contribution in [3.05, 3.63) is 109 Å². The Kier molecular flexibility index (Phi) is 10.7. The number of hydrogen-bond acceptors (Lipinski definition) is 4. The van der Waals surface area contributed by atoms with Gasteiger partial charge in [-0.15, -0.1) is 0 Å². The van der Waals surface area contributed by atoms with Crippen LogP contribution in [-0.4, -0.2) is 9.85 Å². The third kappa shape index (κ3) is 8.89. The zero-order valence-corrected chi connectivity index (χ0v) is 16.0. The number of nitro groups is 2. The second kappa shape index (κ2) is 12.2. The van der Waals surface area contributed by atoms with Crippen molar-refractivity contribution >= 4 is 5.69 Å². The van der Waals surface area contributed by atoms with Gasteiger partial charge in [-0.1, -0.05) is 72.7 Å². The molecule has 0 aromatic heterocycles. The molecule has 0 heterocycles. The maximum atomic E-state index is 10.2. The molecule has 6 nitrogen and oxygen atoms in total. The van der Waals surface area contributed by atoms with Crippen molar-refractivity contribution in [2.24, 2.45) is 0 Å². The highest BCUT2D eigenvalue weighted by molar-refractivity contribution is 5.38. The van der Waals surface area contributed by atoms with E-state index in [9.17, 15) is 20.2 Å². The molecule has 28 heavy (non-hydrogen) atoms. The zero-order valence-electron chi connectivity index (χ0n) is 16.0. The van der Waals surface area contributed by atoms with E-state index < -0.39 is 0 Å². The van der Waals surface area contributed by atoms with Crippen LogP contribution in [-0.2, 0) is 0 Å². The van der Waals surface area contributed by atoms with Crippen LogP contribution in [0.15, 0.2) is 72.0 Å². The molecule has 2 aromatic rings. The van der Waals surface area contributed by atoms with Gasteiger partial charge in [0.05, 0.1) is 16.3 Å². The molecular weight excluding hydrogens is 356 g/mol. The van der Waals surface area contributed by atoms with Crippen molar-refractivity contribution in [3.8, 4) is 0 Å². The average molecular weight is 384 g/mol. The van der Waals surface area contributed by atoms with Gasteiger partial charge in [0.1, 0.15) is 0 Å². The third-order valence-corrected chi connectivity index (χ3v) is 3.79. The summed E-state index contributed by atoms with van der Waals surface area (Å²) in [6.07, 6.45) is 3.83. The number of hydrogen-bond donors (Lipinski definition) is 0. The van der Waals surface area contributed by atoms with Gasteiger partial charge in [0.25, 0.3) is 5.69 Å². The van der Waals surface area contributed by atoms with Gasteiger partial charge in [-0.05, 0) is 27.7 Å². The van der Waals surface area contributed by atoms with Crippen LogP contribution in [0.4, 0.5) is 5.69 Å². The Balaban J connectivity index is 0.000000386. The first kappa shape index (κ1) is 24.7. The summed E-state index contributed by atoms with van der Waals surface area (Å²) in [6, 6.07) is 15.1. The lowest BCUT2D eigenvalue weighted by Crippen LogP contribution is -1.94. The number of allylic oxidation sites excluding steroid dienone is 3. The van der Waals surface area contributed by atoms with Gasteiger partial charge in [0, 0.05) is 17.7 Å². The van der Waals surface area contributed by atoms with E-state index >= 15 is 0 Å². The molecule has 3 rings (SSSR count). The molecule has 150 valence electrons. The Morgan fingerprint density at radius 1 is 0.750 bits per heavy atom. The number of benzene rings is 2. The summed E-state index contributed by atoms with van der Waals surface area (Å²) >= 11 is 0. The molecule has 0 fully saturated rings. The molecule has 0 saturated heterocycles. The van der Waals surface area contributed by atoms with Gasteiger partial charge < -0.3 is 0 Å². The number of aryl methyl sites for hydroxylation is 3. The van der Waals surface area contributed by atoms with Crippen LogP contribution in [0.2, 0.25) is 0 Å². The predicted octanol–water partition coefficient (Wildman–Crippen LogP) is 6.34. The highest BCUT2D eigenvalue weighted by Crippen LogP contribution is 2.17. The maximum absolute atomic E-state index is 10.2. The van der Waals surface area contributed by atoms with Crippen molar-refractivity contribution in [2.45, 2.75) is 41.5 Å². The van der Waals surface area contributed by atoms with E-state index in [1.54, 1.807) is 37.3 Å². The summed E-state index contributed by atoms with van der Waals surface area (Å²) in [5.41, 5.74) is 4.90. The lowest BCUT2D eigenvalue weighted by molar-refractivity contribution is -0.426. The SMILES string of the molecule is C.CC1=CC=C([N+](=O)[O-])C1.Cc1ccc(C)cc1.Cc1ccccc1[N+](=O)[O-]. The van der Waals surface area contributed by atoms with E-state index in [-0.39, 0.29) is 23.0 Å². The Morgan fingerprint density at radius 3 is 1.54 bits per heavy atom. The third-order valence-electron chi connectivity index (χ3n) is 3.79. The van der Waals surface area contributed by atoms with Crippen molar-refractivity contribution in [2.75, 3.05) is 0 Å². The van der Waals surface area contributed by atoms with Gasteiger partial charge in [0.2, 0.25) is 5.70 Å². The minimum absolute atomic E-state index is 0. The molecule has 2 aromatic carbocycles. The Bertz CT molecular complexity index is 832. The fourth-order valence-corrected chi connectivity index (χ4v) is 2.17. The normalized spacial score (nSPS) is 11.4. The summed E-state index contributed by atoms with van der Waals surface area (Å²) in [5.74, 6) is 0. The molecule has 0 bridgehead atoms. The van der Waals surface area contributed by atoms with Crippen LogP contribution in [0.5, 0.6) is 0 Å². The molecule has 0 saturated carbocycles. The van der Waals surface area contributed by atoms with E-state index in [0.29, 0.717) is 17.7 Å². The van der Waals surface area contributed by atoms with Gasteiger partial charge in [0.15, 0.2) is 0 Å². The van der Waals surface area contributed by atoms with Gasteiger partial charge in [-0.2, -0.15) is 0 Å². The summed E-state index contributed by atoms with van der Waals surface area (Å²) < 4.78 is 0. The van der Waals surface area contributed by atoms with E-state index in [1.165, 1.54) is 17.2 Å². The maximum Gasteiger partial charge on any atom is 0.272 e. The lowest BCUT2D eigenvalue weighted by atomic mass is 10.2. The van der Waals surface area contributed by atoms with E-state index in [4.69, 9.17) is 0 Å². The number of nitro benzene ring substituents is 1. The van der Waals surface area contributed by atoms with E-state index in [2.05, 4.69) is 38.1 Å². The first-order chi connectivity index (χ1) is 12.7. The van der Waals surface area contributed by atoms with Crippen LogP contribution in [0.3, 0.4) is 0 Å². The van der Waals surface area contributed by atoms with Crippen LogP contribution in [0.25, 0.3) is 0 Å². The number of para-hydroxylation sites is 1. The molecule has 1 aliphatic carbocycles. The zero-order chi connectivity index (χ0) is 20.4. The number of rotatable bonds is 2. The summed E-state index contributed by atoms with van der Waals surface area (Å²) in [7, 11) is 0. The summed E-state index contributed by atoms with van der Waals surface area (Å²) in [4.78, 5) is 19.6. The average Bonchev–Trinajstić information content (AvgIpc) is 3.06. The molecule has 0 amide bonds. The van der Waals surface area contributed by atoms with Crippen molar-refractivity contribution in [1.29, 1.82) is 0 Å². The lowest BCUT2D eigenvalue weighted by Gasteiger charge is -1.92. The minimum atomic E-state index is -0.380. The number of nitrogens with zero attached hydrogens (tertiary/aromatic N) is 2. The molecule has 0 unspecified atom stereocenters. The van der Waals surface area contributed by atoms with Crippen molar-refractivity contribution < 1.29 is 9.85 Å². The minimum Gasteiger partial charge on any atom is -0.259 e. The summed E-state index contributed by atoms with van der Waals surface area (Å²) in [6.45, 7) is 7.80. The molecule has 0 radical (unpaired) electrons. The molecular formula is C22H28N2O4. The standard InChI is InChI=1S/C8H10.C7H7NO2.C6H7NO2.CH4/c1-7-3-5-8(2)6-4-7;1-6-4-2-3-5-7(6)8(9)10;1-5-2-3-6(4-5)7(8)9;/h3-6H,1-2H3;2-5H,1H3;2-3H,4H2,1H3;1H4. The first-order valence-corrected chi connectivity index (χ1v) is 8.44. The molecule has 0 atom stereocenters. The summed E-state index contributed by atoms with van der Waals surface area (Å²) in [5, 5.41) is 20.3. The topological polar surface area (TPSA) is 86.3 Å². The fraction of sp³-hybridized carbons (Fsp3) is 0.273. The molecule has 6 heteroatoms. The Labute approximate surface area is 166 Å². The largest absolute Gasteiger partial charge is 0.272 e. The highest BCUT2D eigenvalue weighted by Gasteiger charge is 2.13. The fourth-order valence-electron chi connectivity index (χ4n) is 2.17. The van der Waals surface area contributed by atoms with E-state index in [0.717, 1.165) is 5.57 Å². The Hall–Kier alpha value is -3.28. The van der Waals surface area contributed by atoms with Gasteiger partial charge in [-0.25, -0.2) is 0 Å². The quantitative estimate of drug-likeness (QED) is 0.446. The second-order valence-corrected chi connectivity index (χ2v) is 6.30. The van der Waals surface area contributed by atoms with E-state index in [1.807, 2.05) is 6.92 Å². The second-order valence-electron chi connectivity index (χ2n) is 6.30. The van der Waals surface area contributed by atoms with Crippen LogP contribution < -0.4 is 0 Å². The smallest absolute Gasteiger partial charge is 0.259 e. The highest BCUT2D eigenvalue weighted by atomic mass is 16.6.